The molecule has 0 spiro atoms. The monoisotopic (exact) mass is 345 g/mol. The predicted molar refractivity (Wildman–Crippen MR) is 89.8 cm³/mol. The van der Waals surface area contributed by atoms with E-state index in [1.807, 2.05) is 37.3 Å². The van der Waals surface area contributed by atoms with E-state index in [0.717, 1.165) is 11.1 Å². The summed E-state index contributed by atoms with van der Waals surface area (Å²) < 4.78 is 33.1. The first kappa shape index (κ1) is 16.7. The van der Waals surface area contributed by atoms with Gasteiger partial charge in [0, 0.05) is 12.8 Å². The van der Waals surface area contributed by atoms with E-state index in [2.05, 4.69) is 4.72 Å². The third-order valence-electron chi connectivity index (χ3n) is 4.22. The number of carbonyl (C=O) groups excluding carboxylic acids is 1. The number of sulfonamides is 1. The van der Waals surface area contributed by atoms with Gasteiger partial charge in [0.15, 0.2) is 5.60 Å². The molecule has 3 rings (SSSR count). The van der Waals surface area contributed by atoms with Crippen LogP contribution in [0.25, 0.3) is 0 Å². The van der Waals surface area contributed by atoms with Gasteiger partial charge in [0.25, 0.3) is 0 Å². The molecule has 0 saturated carbocycles. The van der Waals surface area contributed by atoms with Crippen molar-refractivity contribution in [3.63, 3.8) is 0 Å². The van der Waals surface area contributed by atoms with Gasteiger partial charge in [-0.15, -0.1) is 0 Å². The molecule has 1 atom stereocenters. The normalized spacial score (nSPS) is 20.8. The van der Waals surface area contributed by atoms with Crippen molar-refractivity contribution in [2.45, 2.75) is 30.3 Å². The first-order valence-electron chi connectivity index (χ1n) is 7.75. The highest BCUT2D eigenvalue weighted by Gasteiger charge is 2.42. The molecule has 0 bridgehead atoms. The van der Waals surface area contributed by atoms with Crippen molar-refractivity contribution < 1.29 is 17.9 Å². The lowest BCUT2D eigenvalue weighted by Gasteiger charge is -2.28. The van der Waals surface area contributed by atoms with Gasteiger partial charge in [-0.3, -0.25) is 4.79 Å². The number of hydrogen-bond donors (Lipinski definition) is 1. The van der Waals surface area contributed by atoms with Crippen LogP contribution in [-0.2, 0) is 25.2 Å². The maximum atomic E-state index is 12.5. The third-order valence-corrected chi connectivity index (χ3v) is 5.64. The molecule has 2 aromatic rings. The molecule has 1 fully saturated rings. The molecule has 1 saturated heterocycles. The van der Waals surface area contributed by atoms with Crippen LogP contribution in [0.5, 0.6) is 0 Å². The maximum Gasteiger partial charge on any atom is 0.306 e. The van der Waals surface area contributed by atoms with Gasteiger partial charge in [-0.2, -0.15) is 0 Å². The van der Waals surface area contributed by atoms with E-state index in [0.29, 0.717) is 6.42 Å². The highest BCUT2D eigenvalue weighted by atomic mass is 32.2. The van der Waals surface area contributed by atoms with Gasteiger partial charge in [-0.25, -0.2) is 13.1 Å². The Morgan fingerprint density at radius 3 is 2.33 bits per heavy atom. The van der Waals surface area contributed by atoms with E-state index in [-0.39, 0.29) is 23.8 Å². The van der Waals surface area contributed by atoms with Crippen LogP contribution in [0.15, 0.2) is 59.5 Å². The minimum absolute atomic E-state index is 0.0129. The lowest BCUT2D eigenvalue weighted by Crippen LogP contribution is -2.40. The van der Waals surface area contributed by atoms with Crippen molar-refractivity contribution in [3.05, 3.63) is 65.7 Å². The number of nitrogens with one attached hydrogen (secondary N) is 1. The molecular formula is C18H19NO4S. The second-order valence-corrected chi connectivity index (χ2v) is 7.74. The molecule has 0 amide bonds. The Balaban J connectivity index is 1.84. The molecule has 1 aliphatic rings. The molecule has 2 aromatic carbocycles. The van der Waals surface area contributed by atoms with Crippen LogP contribution in [0.3, 0.4) is 0 Å². The van der Waals surface area contributed by atoms with Crippen molar-refractivity contribution in [3.8, 4) is 0 Å². The van der Waals surface area contributed by atoms with Crippen LogP contribution >= 0.6 is 0 Å². The summed E-state index contributed by atoms with van der Waals surface area (Å²) in [4.78, 5) is 11.9. The lowest BCUT2D eigenvalue weighted by molar-refractivity contribution is -0.148. The predicted octanol–water partition coefficient (Wildman–Crippen LogP) is 2.51. The number of hydrogen-bond acceptors (Lipinski definition) is 4. The van der Waals surface area contributed by atoms with Crippen molar-refractivity contribution in [2.24, 2.45) is 0 Å². The molecular weight excluding hydrogens is 326 g/mol. The Labute approximate surface area is 141 Å². The Hall–Kier alpha value is -2.18. The van der Waals surface area contributed by atoms with Crippen molar-refractivity contribution in [1.29, 1.82) is 0 Å². The summed E-state index contributed by atoms with van der Waals surface area (Å²) in [5, 5.41) is 0. The lowest BCUT2D eigenvalue weighted by atomic mass is 9.91. The second-order valence-electron chi connectivity index (χ2n) is 5.97. The van der Waals surface area contributed by atoms with Crippen LogP contribution in [0, 0.1) is 6.92 Å². The molecule has 24 heavy (non-hydrogen) atoms. The maximum absolute atomic E-state index is 12.5. The molecule has 1 unspecified atom stereocenters. The summed E-state index contributed by atoms with van der Waals surface area (Å²) in [6.07, 6.45) is 0.730. The fourth-order valence-electron chi connectivity index (χ4n) is 2.81. The zero-order valence-corrected chi connectivity index (χ0v) is 14.2. The van der Waals surface area contributed by atoms with E-state index < -0.39 is 15.6 Å². The average Bonchev–Trinajstić information content (AvgIpc) is 2.97. The van der Waals surface area contributed by atoms with E-state index >= 15 is 0 Å². The summed E-state index contributed by atoms with van der Waals surface area (Å²) in [6.45, 7) is 1.91. The fourth-order valence-corrected chi connectivity index (χ4v) is 3.89. The number of aryl methyl sites for hydroxylation is 1. The highest BCUT2D eigenvalue weighted by Crippen LogP contribution is 2.36. The third kappa shape index (κ3) is 3.34. The number of esters is 1. The topological polar surface area (TPSA) is 72.5 Å². The Bertz CT molecular complexity index is 831. The zero-order chi connectivity index (χ0) is 17.2. The van der Waals surface area contributed by atoms with Gasteiger partial charge in [-0.1, -0.05) is 48.0 Å². The Morgan fingerprint density at radius 1 is 1.08 bits per heavy atom. The number of benzene rings is 2. The molecule has 126 valence electrons. The second kappa shape index (κ2) is 6.37. The minimum Gasteiger partial charge on any atom is -0.453 e. The van der Waals surface area contributed by atoms with Crippen LogP contribution in [0.4, 0.5) is 0 Å². The SMILES string of the molecule is Cc1ccc(S(=O)(=O)NCC2(c3ccccc3)CCC(=O)O2)cc1. The van der Waals surface area contributed by atoms with Gasteiger partial charge in [0.1, 0.15) is 0 Å². The molecule has 1 aliphatic heterocycles. The molecule has 5 nitrogen and oxygen atoms in total. The van der Waals surface area contributed by atoms with Crippen LogP contribution in [-0.4, -0.2) is 20.9 Å². The van der Waals surface area contributed by atoms with Gasteiger partial charge in [0.05, 0.1) is 11.4 Å². The number of carbonyl (C=O) groups is 1. The van der Waals surface area contributed by atoms with Crippen LogP contribution in [0.2, 0.25) is 0 Å². The summed E-state index contributed by atoms with van der Waals surface area (Å²) in [6, 6.07) is 15.9. The average molecular weight is 345 g/mol. The van der Waals surface area contributed by atoms with Gasteiger partial charge < -0.3 is 4.74 Å². The Kier molecular flexibility index (Phi) is 4.43. The van der Waals surface area contributed by atoms with Gasteiger partial charge in [0.2, 0.25) is 10.0 Å². The van der Waals surface area contributed by atoms with E-state index in [1.165, 1.54) is 0 Å². The van der Waals surface area contributed by atoms with Gasteiger partial charge in [-0.05, 0) is 24.6 Å². The molecule has 6 heteroatoms. The van der Waals surface area contributed by atoms with Crippen LogP contribution in [0.1, 0.15) is 24.0 Å². The van der Waals surface area contributed by atoms with Crippen molar-refractivity contribution in [1.82, 2.24) is 4.72 Å². The quantitative estimate of drug-likeness (QED) is 0.845. The Morgan fingerprint density at radius 2 is 1.75 bits per heavy atom. The first-order chi connectivity index (χ1) is 11.4. The van der Waals surface area contributed by atoms with Gasteiger partial charge >= 0.3 is 5.97 Å². The number of cyclic esters (lactones) is 1. The van der Waals surface area contributed by atoms with Crippen molar-refractivity contribution >= 4 is 16.0 Å². The summed E-state index contributed by atoms with van der Waals surface area (Å²) in [7, 11) is -3.67. The summed E-state index contributed by atoms with van der Waals surface area (Å²) >= 11 is 0. The largest absolute Gasteiger partial charge is 0.453 e. The number of rotatable bonds is 5. The standard InChI is InChI=1S/C18H19NO4S/c1-14-7-9-16(10-8-14)24(21,22)19-13-18(12-11-17(20)23-18)15-5-3-2-4-6-15/h2-10,19H,11-13H2,1H3. The van der Waals surface area contributed by atoms with E-state index in [9.17, 15) is 13.2 Å². The smallest absolute Gasteiger partial charge is 0.306 e. The number of ether oxygens (including phenoxy) is 1. The molecule has 1 N–H and O–H groups in total. The fraction of sp³-hybridized carbons (Fsp3) is 0.278. The molecule has 0 aliphatic carbocycles. The summed E-state index contributed by atoms with van der Waals surface area (Å²) in [5.74, 6) is -0.312. The minimum atomic E-state index is -3.67. The highest BCUT2D eigenvalue weighted by molar-refractivity contribution is 7.89. The molecule has 1 heterocycles. The van der Waals surface area contributed by atoms with Crippen molar-refractivity contribution in [2.75, 3.05) is 6.54 Å². The van der Waals surface area contributed by atoms with Crippen LogP contribution < -0.4 is 4.72 Å². The molecule has 0 radical (unpaired) electrons. The van der Waals surface area contributed by atoms with E-state index in [1.54, 1.807) is 24.3 Å². The van der Waals surface area contributed by atoms with E-state index in [4.69, 9.17) is 4.74 Å². The zero-order valence-electron chi connectivity index (χ0n) is 13.4. The molecule has 0 aromatic heterocycles. The summed E-state index contributed by atoms with van der Waals surface area (Å²) in [5.41, 5.74) is 0.831. The first-order valence-corrected chi connectivity index (χ1v) is 9.23.